The lowest BCUT2D eigenvalue weighted by Crippen LogP contribution is -2.35. The maximum Gasteiger partial charge on any atom is 0.488 e. The van der Waals surface area contributed by atoms with Crippen LogP contribution in [0.4, 0.5) is 0 Å². The molecule has 0 saturated heterocycles. The van der Waals surface area contributed by atoms with Crippen LogP contribution in [0.15, 0.2) is 41.5 Å². The molecular weight excluding hydrogens is 254 g/mol. The Hall–Kier alpha value is -1.63. The van der Waals surface area contributed by atoms with E-state index in [4.69, 9.17) is 21.6 Å². The highest BCUT2D eigenvalue weighted by Gasteiger charge is 2.11. The number of hydrogen-bond acceptors (Lipinski definition) is 4. The maximum atomic E-state index is 11.7. The normalized spacial score (nSPS) is 10.4. The van der Waals surface area contributed by atoms with Crippen LogP contribution in [0.2, 0.25) is 5.15 Å². The lowest BCUT2D eigenvalue weighted by atomic mass is 9.81. The minimum atomic E-state index is -1.63. The van der Waals surface area contributed by atoms with Crippen LogP contribution in [0.25, 0.3) is 0 Å². The molecular formula is C11H10BClN2O3. The van der Waals surface area contributed by atoms with Crippen molar-refractivity contribution in [3.05, 3.63) is 57.7 Å². The van der Waals surface area contributed by atoms with E-state index >= 15 is 0 Å². The first kappa shape index (κ1) is 12.8. The highest BCUT2D eigenvalue weighted by Crippen LogP contribution is 2.05. The van der Waals surface area contributed by atoms with Gasteiger partial charge >= 0.3 is 7.12 Å². The van der Waals surface area contributed by atoms with Crippen LogP contribution < -0.4 is 11.0 Å². The van der Waals surface area contributed by atoms with Crippen LogP contribution in [0.3, 0.4) is 0 Å². The summed E-state index contributed by atoms with van der Waals surface area (Å²) >= 11 is 5.67. The Morgan fingerprint density at radius 3 is 2.67 bits per heavy atom. The summed E-state index contributed by atoms with van der Waals surface area (Å²) in [6, 6.07) is 6.09. The SMILES string of the molecule is O=c1cc(B(O)O)ccn1Cc1ccc(Cl)nc1. The topological polar surface area (TPSA) is 75.3 Å². The molecule has 0 aliphatic rings. The van der Waals surface area contributed by atoms with Gasteiger partial charge in [-0.05, 0) is 23.2 Å². The molecule has 0 atom stereocenters. The summed E-state index contributed by atoms with van der Waals surface area (Å²) in [6.07, 6.45) is 3.09. The van der Waals surface area contributed by atoms with Crippen molar-refractivity contribution in [3.63, 3.8) is 0 Å². The zero-order valence-electron chi connectivity index (χ0n) is 9.32. The van der Waals surface area contributed by atoms with Gasteiger partial charge in [-0.2, -0.15) is 0 Å². The van der Waals surface area contributed by atoms with E-state index in [9.17, 15) is 4.79 Å². The Labute approximate surface area is 108 Å². The molecule has 2 aromatic rings. The third-order valence-electron chi connectivity index (χ3n) is 2.46. The number of rotatable bonds is 3. The van der Waals surface area contributed by atoms with Gasteiger partial charge in [0, 0.05) is 18.5 Å². The molecule has 0 radical (unpaired) electrons. The molecule has 0 aromatic carbocycles. The van der Waals surface area contributed by atoms with E-state index in [1.54, 1.807) is 18.3 Å². The van der Waals surface area contributed by atoms with Crippen LogP contribution in [-0.4, -0.2) is 26.7 Å². The smallest absolute Gasteiger partial charge is 0.423 e. The van der Waals surface area contributed by atoms with E-state index in [1.165, 1.54) is 22.9 Å². The largest absolute Gasteiger partial charge is 0.488 e. The lowest BCUT2D eigenvalue weighted by molar-refractivity contribution is 0.425. The monoisotopic (exact) mass is 264 g/mol. The Morgan fingerprint density at radius 2 is 2.11 bits per heavy atom. The molecule has 18 heavy (non-hydrogen) atoms. The number of nitrogens with zero attached hydrogens (tertiary/aromatic N) is 2. The van der Waals surface area contributed by atoms with Gasteiger partial charge < -0.3 is 14.6 Å². The number of aromatic nitrogens is 2. The summed E-state index contributed by atoms with van der Waals surface area (Å²) in [5, 5.41) is 18.3. The molecule has 0 amide bonds. The first-order chi connectivity index (χ1) is 8.56. The molecule has 0 bridgehead atoms. The Morgan fingerprint density at radius 1 is 1.33 bits per heavy atom. The van der Waals surface area contributed by atoms with Crippen molar-refractivity contribution in [2.24, 2.45) is 0 Å². The van der Waals surface area contributed by atoms with Crippen molar-refractivity contribution >= 4 is 24.2 Å². The predicted octanol–water partition coefficient (Wildman–Crippen LogP) is -0.375. The number of hydrogen-bond donors (Lipinski definition) is 2. The molecule has 0 fully saturated rings. The first-order valence-corrected chi connectivity index (χ1v) is 5.61. The van der Waals surface area contributed by atoms with E-state index in [-0.39, 0.29) is 11.0 Å². The third-order valence-corrected chi connectivity index (χ3v) is 2.68. The molecule has 0 unspecified atom stereocenters. The van der Waals surface area contributed by atoms with Gasteiger partial charge in [-0.1, -0.05) is 17.7 Å². The van der Waals surface area contributed by atoms with Crippen LogP contribution in [-0.2, 0) is 6.54 Å². The Kier molecular flexibility index (Phi) is 3.81. The zero-order chi connectivity index (χ0) is 13.1. The fourth-order valence-electron chi connectivity index (χ4n) is 1.51. The van der Waals surface area contributed by atoms with E-state index in [1.807, 2.05) is 0 Å². The van der Waals surface area contributed by atoms with Crippen molar-refractivity contribution in [3.8, 4) is 0 Å². The minimum absolute atomic E-state index is 0.172. The average molecular weight is 264 g/mol. The van der Waals surface area contributed by atoms with E-state index in [0.29, 0.717) is 11.7 Å². The van der Waals surface area contributed by atoms with Crippen LogP contribution in [0.5, 0.6) is 0 Å². The van der Waals surface area contributed by atoms with Crippen molar-refractivity contribution in [1.29, 1.82) is 0 Å². The summed E-state index contributed by atoms with van der Waals surface area (Å²) in [5.41, 5.74) is 0.694. The summed E-state index contributed by atoms with van der Waals surface area (Å²) in [6.45, 7) is 0.352. The molecule has 2 rings (SSSR count). The molecule has 0 aliphatic heterocycles. The second-order valence-electron chi connectivity index (χ2n) is 3.79. The summed E-state index contributed by atoms with van der Waals surface area (Å²) in [7, 11) is -1.63. The van der Waals surface area contributed by atoms with E-state index < -0.39 is 7.12 Å². The van der Waals surface area contributed by atoms with Crippen molar-refractivity contribution in [1.82, 2.24) is 9.55 Å². The molecule has 2 N–H and O–H groups in total. The van der Waals surface area contributed by atoms with Gasteiger partial charge in [-0.15, -0.1) is 0 Å². The van der Waals surface area contributed by atoms with Crippen LogP contribution in [0.1, 0.15) is 5.56 Å². The lowest BCUT2D eigenvalue weighted by Gasteiger charge is -2.06. The van der Waals surface area contributed by atoms with Crippen LogP contribution in [0, 0.1) is 0 Å². The molecule has 2 heterocycles. The van der Waals surface area contributed by atoms with Gasteiger partial charge in [-0.25, -0.2) is 4.98 Å². The molecule has 0 saturated carbocycles. The van der Waals surface area contributed by atoms with Crippen molar-refractivity contribution < 1.29 is 10.0 Å². The van der Waals surface area contributed by atoms with Crippen molar-refractivity contribution in [2.45, 2.75) is 6.54 Å². The standard InChI is InChI=1S/C11H10BClN2O3/c13-10-2-1-8(6-14-10)7-15-4-3-9(12(17)18)5-11(15)16/h1-6,17-18H,7H2. The van der Waals surface area contributed by atoms with E-state index in [0.717, 1.165) is 5.56 Å². The number of halogens is 1. The fraction of sp³-hybridized carbons (Fsp3) is 0.0909. The fourth-order valence-corrected chi connectivity index (χ4v) is 1.62. The van der Waals surface area contributed by atoms with Gasteiger partial charge in [0.05, 0.1) is 6.54 Å². The molecule has 2 aromatic heterocycles. The van der Waals surface area contributed by atoms with Gasteiger partial charge in [0.25, 0.3) is 0 Å². The molecule has 0 spiro atoms. The third kappa shape index (κ3) is 2.98. The molecule has 92 valence electrons. The minimum Gasteiger partial charge on any atom is -0.423 e. The first-order valence-electron chi connectivity index (χ1n) is 5.23. The van der Waals surface area contributed by atoms with Gasteiger partial charge in [0.1, 0.15) is 5.15 Å². The quantitative estimate of drug-likeness (QED) is 0.586. The number of pyridine rings is 2. The highest BCUT2D eigenvalue weighted by atomic mass is 35.5. The second kappa shape index (κ2) is 5.35. The van der Waals surface area contributed by atoms with Gasteiger partial charge in [0.2, 0.25) is 5.56 Å². The van der Waals surface area contributed by atoms with Gasteiger partial charge in [-0.3, -0.25) is 4.79 Å². The summed E-state index contributed by atoms with van der Waals surface area (Å²) < 4.78 is 1.44. The van der Waals surface area contributed by atoms with Crippen molar-refractivity contribution in [2.75, 3.05) is 0 Å². The summed E-state index contributed by atoms with van der Waals surface area (Å²) in [4.78, 5) is 15.6. The zero-order valence-corrected chi connectivity index (χ0v) is 10.1. The average Bonchev–Trinajstić information content (AvgIpc) is 2.34. The molecule has 7 heteroatoms. The van der Waals surface area contributed by atoms with Gasteiger partial charge in [0.15, 0.2) is 0 Å². The Bertz CT molecular complexity index is 598. The molecule has 5 nitrogen and oxygen atoms in total. The van der Waals surface area contributed by atoms with Crippen LogP contribution >= 0.6 is 11.6 Å². The predicted molar refractivity (Wildman–Crippen MR) is 68.9 cm³/mol. The maximum absolute atomic E-state index is 11.7. The second-order valence-corrected chi connectivity index (χ2v) is 4.18. The Balaban J connectivity index is 2.25. The van der Waals surface area contributed by atoms with E-state index in [2.05, 4.69) is 4.98 Å². The molecule has 0 aliphatic carbocycles. The summed E-state index contributed by atoms with van der Waals surface area (Å²) in [5.74, 6) is 0. The highest BCUT2D eigenvalue weighted by molar-refractivity contribution is 6.58.